The molecule has 0 aliphatic carbocycles. The van der Waals surface area contributed by atoms with Gasteiger partial charge < -0.3 is 16.0 Å². The molecule has 1 heterocycles. The maximum Gasteiger partial charge on any atom is 0.253 e. The predicted octanol–water partition coefficient (Wildman–Crippen LogP) is 1.26. The van der Waals surface area contributed by atoms with E-state index >= 15 is 0 Å². The van der Waals surface area contributed by atoms with Crippen LogP contribution in [0.15, 0.2) is 36.7 Å². The molecule has 2 amide bonds. The van der Waals surface area contributed by atoms with E-state index in [0.717, 1.165) is 17.1 Å². The lowest BCUT2D eigenvalue weighted by molar-refractivity contribution is -0.118. The highest BCUT2D eigenvalue weighted by Gasteiger charge is 2.10. The Morgan fingerprint density at radius 3 is 2.58 bits per heavy atom. The Morgan fingerprint density at radius 1 is 1.08 bits per heavy atom. The van der Waals surface area contributed by atoms with E-state index in [1.807, 2.05) is 31.2 Å². The van der Waals surface area contributed by atoms with Crippen LogP contribution in [0.5, 0.6) is 0 Å². The summed E-state index contributed by atoms with van der Waals surface area (Å²) >= 11 is 0. The topological polar surface area (TPSA) is 96.0 Å². The SMILES string of the molecule is CC(=O)NCCNC(=O)c1ccccc1NCc1cc(C)ncn1. The maximum atomic E-state index is 12.3. The van der Waals surface area contributed by atoms with Crippen LogP contribution in [0, 0.1) is 6.92 Å². The summed E-state index contributed by atoms with van der Waals surface area (Å²) < 4.78 is 0. The molecule has 0 aliphatic heterocycles. The summed E-state index contributed by atoms with van der Waals surface area (Å²) in [5.41, 5.74) is 3.02. The molecule has 2 rings (SSSR count). The molecule has 0 unspecified atom stereocenters. The molecule has 7 nitrogen and oxygen atoms in total. The zero-order chi connectivity index (χ0) is 17.4. The highest BCUT2D eigenvalue weighted by molar-refractivity contribution is 5.99. The first kappa shape index (κ1) is 17.4. The Bertz CT molecular complexity index is 718. The second-order valence-corrected chi connectivity index (χ2v) is 5.29. The van der Waals surface area contributed by atoms with Gasteiger partial charge in [-0.05, 0) is 25.1 Å². The number of nitrogens with zero attached hydrogens (tertiary/aromatic N) is 2. The second kappa shape index (κ2) is 8.61. The van der Waals surface area contributed by atoms with Gasteiger partial charge in [0.15, 0.2) is 0 Å². The molecule has 0 bridgehead atoms. The van der Waals surface area contributed by atoms with Crippen LogP contribution in [-0.4, -0.2) is 34.9 Å². The number of carbonyl (C=O) groups is 2. The molecule has 0 spiro atoms. The summed E-state index contributed by atoms with van der Waals surface area (Å²) in [6.45, 7) is 4.62. The van der Waals surface area contributed by atoms with Gasteiger partial charge in [-0.25, -0.2) is 9.97 Å². The third-order valence-electron chi connectivity index (χ3n) is 3.28. The lowest BCUT2D eigenvalue weighted by atomic mass is 10.1. The highest BCUT2D eigenvalue weighted by Crippen LogP contribution is 2.15. The molecule has 1 aromatic carbocycles. The summed E-state index contributed by atoms with van der Waals surface area (Å²) in [5.74, 6) is -0.311. The van der Waals surface area contributed by atoms with Crippen LogP contribution < -0.4 is 16.0 Å². The molecule has 24 heavy (non-hydrogen) atoms. The van der Waals surface area contributed by atoms with Crippen molar-refractivity contribution in [2.45, 2.75) is 20.4 Å². The Balaban J connectivity index is 1.96. The molecule has 3 N–H and O–H groups in total. The van der Waals surface area contributed by atoms with Gasteiger partial charge >= 0.3 is 0 Å². The predicted molar refractivity (Wildman–Crippen MR) is 91.6 cm³/mol. The molecule has 1 aromatic heterocycles. The molecule has 0 fully saturated rings. The Morgan fingerprint density at radius 2 is 1.83 bits per heavy atom. The minimum Gasteiger partial charge on any atom is -0.379 e. The van der Waals surface area contributed by atoms with Crippen LogP contribution in [-0.2, 0) is 11.3 Å². The summed E-state index contributed by atoms with van der Waals surface area (Å²) in [6, 6.07) is 9.16. The maximum absolute atomic E-state index is 12.3. The Labute approximate surface area is 140 Å². The second-order valence-electron chi connectivity index (χ2n) is 5.29. The third kappa shape index (κ3) is 5.35. The number of anilines is 1. The average molecular weight is 327 g/mol. The number of hydrogen-bond acceptors (Lipinski definition) is 5. The first-order valence-electron chi connectivity index (χ1n) is 7.69. The lowest BCUT2D eigenvalue weighted by Crippen LogP contribution is -2.33. The normalized spacial score (nSPS) is 10.1. The molecule has 0 saturated heterocycles. The number of para-hydroxylation sites is 1. The molecular weight excluding hydrogens is 306 g/mol. The van der Waals surface area contributed by atoms with Crippen LogP contribution >= 0.6 is 0 Å². The van der Waals surface area contributed by atoms with E-state index in [9.17, 15) is 9.59 Å². The van der Waals surface area contributed by atoms with Crippen molar-refractivity contribution in [3.8, 4) is 0 Å². The van der Waals surface area contributed by atoms with Gasteiger partial charge in [0, 0.05) is 31.4 Å². The highest BCUT2D eigenvalue weighted by atomic mass is 16.2. The van der Waals surface area contributed by atoms with Crippen molar-refractivity contribution in [1.82, 2.24) is 20.6 Å². The van der Waals surface area contributed by atoms with Crippen molar-refractivity contribution < 1.29 is 9.59 Å². The van der Waals surface area contributed by atoms with Gasteiger partial charge in [0.2, 0.25) is 5.91 Å². The van der Waals surface area contributed by atoms with Crippen molar-refractivity contribution >= 4 is 17.5 Å². The lowest BCUT2D eigenvalue weighted by Gasteiger charge is -2.12. The summed E-state index contributed by atoms with van der Waals surface area (Å²) in [6.07, 6.45) is 1.52. The van der Waals surface area contributed by atoms with Crippen LogP contribution in [0.2, 0.25) is 0 Å². The summed E-state index contributed by atoms with van der Waals surface area (Å²) in [5, 5.41) is 8.64. The monoisotopic (exact) mass is 327 g/mol. The third-order valence-corrected chi connectivity index (χ3v) is 3.28. The smallest absolute Gasteiger partial charge is 0.253 e. The minimum atomic E-state index is -0.192. The number of nitrogens with one attached hydrogen (secondary N) is 3. The molecule has 0 saturated carbocycles. The number of rotatable bonds is 7. The van der Waals surface area contributed by atoms with Crippen LogP contribution in [0.4, 0.5) is 5.69 Å². The molecule has 7 heteroatoms. The molecule has 126 valence electrons. The molecular formula is C17H21N5O2. The minimum absolute atomic E-state index is 0.119. The van der Waals surface area contributed by atoms with Gasteiger partial charge in [-0.2, -0.15) is 0 Å². The molecule has 0 aliphatic rings. The van der Waals surface area contributed by atoms with E-state index in [1.54, 1.807) is 6.07 Å². The van der Waals surface area contributed by atoms with Crippen LogP contribution in [0.1, 0.15) is 28.7 Å². The van der Waals surface area contributed by atoms with Crippen molar-refractivity contribution in [1.29, 1.82) is 0 Å². The zero-order valence-electron chi connectivity index (χ0n) is 13.8. The van der Waals surface area contributed by atoms with Crippen LogP contribution in [0.25, 0.3) is 0 Å². The summed E-state index contributed by atoms with van der Waals surface area (Å²) in [4.78, 5) is 31.4. The van der Waals surface area contributed by atoms with E-state index in [1.165, 1.54) is 13.3 Å². The number of benzene rings is 1. The van der Waals surface area contributed by atoms with Gasteiger partial charge in [0.1, 0.15) is 6.33 Å². The zero-order valence-corrected chi connectivity index (χ0v) is 13.8. The van der Waals surface area contributed by atoms with Crippen molar-refractivity contribution in [2.75, 3.05) is 18.4 Å². The van der Waals surface area contributed by atoms with Crippen molar-refractivity contribution in [2.24, 2.45) is 0 Å². The number of hydrogen-bond donors (Lipinski definition) is 3. The largest absolute Gasteiger partial charge is 0.379 e. The Kier molecular flexibility index (Phi) is 6.24. The van der Waals surface area contributed by atoms with E-state index in [0.29, 0.717) is 25.2 Å². The quantitative estimate of drug-likeness (QED) is 0.666. The van der Waals surface area contributed by atoms with Crippen LogP contribution in [0.3, 0.4) is 0 Å². The van der Waals surface area contributed by atoms with E-state index in [-0.39, 0.29) is 11.8 Å². The first-order valence-corrected chi connectivity index (χ1v) is 7.69. The van der Waals surface area contributed by atoms with Crippen molar-refractivity contribution in [3.05, 3.63) is 53.6 Å². The van der Waals surface area contributed by atoms with Gasteiger partial charge in [-0.15, -0.1) is 0 Å². The van der Waals surface area contributed by atoms with Gasteiger partial charge in [-0.1, -0.05) is 12.1 Å². The number of aromatic nitrogens is 2. The number of carbonyl (C=O) groups excluding carboxylic acids is 2. The summed E-state index contributed by atoms with van der Waals surface area (Å²) in [7, 11) is 0. The fraction of sp³-hybridized carbons (Fsp3) is 0.294. The van der Waals surface area contributed by atoms with Gasteiger partial charge in [0.05, 0.1) is 17.8 Å². The van der Waals surface area contributed by atoms with Gasteiger partial charge in [-0.3, -0.25) is 9.59 Å². The van der Waals surface area contributed by atoms with E-state index in [4.69, 9.17) is 0 Å². The Hall–Kier alpha value is -2.96. The van der Waals surface area contributed by atoms with E-state index < -0.39 is 0 Å². The number of amides is 2. The standard InChI is InChI=1S/C17H21N5O2/c1-12-9-14(22-11-21-12)10-20-16-6-4-3-5-15(16)17(24)19-8-7-18-13(2)23/h3-6,9,11,20H,7-8,10H2,1-2H3,(H,18,23)(H,19,24). The fourth-order valence-corrected chi connectivity index (χ4v) is 2.14. The van der Waals surface area contributed by atoms with Crippen molar-refractivity contribution in [3.63, 3.8) is 0 Å². The average Bonchev–Trinajstić information content (AvgIpc) is 2.57. The molecule has 0 atom stereocenters. The van der Waals surface area contributed by atoms with E-state index in [2.05, 4.69) is 25.9 Å². The molecule has 2 aromatic rings. The van der Waals surface area contributed by atoms with Gasteiger partial charge in [0.25, 0.3) is 5.91 Å². The first-order chi connectivity index (χ1) is 11.6. The fourth-order valence-electron chi connectivity index (χ4n) is 2.14. The number of aryl methyl sites for hydroxylation is 1. The molecule has 0 radical (unpaired) electrons.